The summed E-state index contributed by atoms with van der Waals surface area (Å²) in [6.07, 6.45) is 1.49. The molecule has 1 N–H and O–H groups in total. The first-order valence-corrected chi connectivity index (χ1v) is 11.0. The molecule has 1 fully saturated rings. The van der Waals surface area contributed by atoms with E-state index in [1.165, 1.54) is 23.9 Å². The van der Waals surface area contributed by atoms with E-state index in [2.05, 4.69) is 15.9 Å². The van der Waals surface area contributed by atoms with Gasteiger partial charge in [-0.3, -0.25) is 24.6 Å². The maximum Gasteiger partial charge on any atom is 0.293 e. The quantitative estimate of drug-likeness (QED) is 0.258. The number of benzene rings is 2. The average molecular weight is 495 g/mol. The minimum atomic E-state index is -0.504. The fourth-order valence-corrected chi connectivity index (χ4v) is 4.69. The minimum Gasteiger partial charge on any atom is -0.396 e. The van der Waals surface area contributed by atoms with Crippen molar-refractivity contribution in [3.05, 3.63) is 73.1 Å². The molecule has 29 heavy (non-hydrogen) atoms. The highest BCUT2D eigenvalue weighted by molar-refractivity contribution is 9.10. The van der Waals surface area contributed by atoms with Crippen LogP contribution in [0.4, 0.5) is 10.5 Å². The summed E-state index contributed by atoms with van der Waals surface area (Å²) in [5.74, 6) is -0.0874. The summed E-state index contributed by atoms with van der Waals surface area (Å²) in [4.78, 5) is 37.6. The Labute approximate surface area is 183 Å². The first-order valence-electron chi connectivity index (χ1n) is 8.41. The molecule has 10 heteroatoms. The zero-order valence-electron chi connectivity index (χ0n) is 14.9. The van der Waals surface area contributed by atoms with Crippen LogP contribution >= 0.6 is 39.5 Å². The van der Waals surface area contributed by atoms with Gasteiger partial charge in [-0.05, 0) is 47.2 Å². The number of hydrogen-bond donors (Lipinski definition) is 1. The van der Waals surface area contributed by atoms with E-state index in [1.54, 1.807) is 12.1 Å². The third kappa shape index (κ3) is 5.27. The number of carbonyl (C=O) groups excluding carboxylic acids is 2. The van der Waals surface area contributed by atoms with Gasteiger partial charge in [0.2, 0.25) is 0 Å². The largest absolute Gasteiger partial charge is 0.396 e. The Morgan fingerprint density at radius 3 is 2.72 bits per heavy atom. The molecular formula is C19H15BrN2O5S2. The molecule has 1 aliphatic heterocycles. The minimum absolute atomic E-state index is 0.0886. The molecule has 2 aromatic carbocycles. The van der Waals surface area contributed by atoms with Crippen LogP contribution < -0.4 is 0 Å². The normalized spacial score (nSPS) is 15.4. The third-order valence-corrected chi connectivity index (χ3v) is 6.37. The maximum absolute atomic E-state index is 12.7. The van der Waals surface area contributed by atoms with Gasteiger partial charge in [0.15, 0.2) is 0 Å². The zero-order valence-corrected chi connectivity index (χ0v) is 18.1. The molecule has 1 heterocycles. The van der Waals surface area contributed by atoms with E-state index >= 15 is 0 Å². The lowest BCUT2D eigenvalue weighted by Crippen LogP contribution is -2.27. The Hall–Kier alpha value is -2.14. The van der Waals surface area contributed by atoms with Gasteiger partial charge >= 0.3 is 0 Å². The number of carbonyl (C=O) groups is 2. The van der Waals surface area contributed by atoms with E-state index in [4.69, 9.17) is 5.11 Å². The highest BCUT2D eigenvalue weighted by Gasteiger charge is 2.35. The molecule has 150 valence electrons. The van der Waals surface area contributed by atoms with Gasteiger partial charge in [-0.2, -0.15) is 0 Å². The van der Waals surface area contributed by atoms with Crippen molar-refractivity contribution in [1.82, 2.24) is 4.90 Å². The lowest BCUT2D eigenvalue weighted by Gasteiger charge is -2.12. The zero-order chi connectivity index (χ0) is 21.0. The van der Waals surface area contributed by atoms with Gasteiger partial charge in [0, 0.05) is 16.3 Å². The van der Waals surface area contributed by atoms with Crippen molar-refractivity contribution in [2.75, 3.05) is 12.4 Å². The number of nitrogens with zero attached hydrogens (tertiary/aromatic N) is 2. The Morgan fingerprint density at radius 2 is 2.03 bits per heavy atom. The van der Waals surface area contributed by atoms with Crippen LogP contribution in [0.15, 0.2) is 56.7 Å². The molecule has 7 nitrogen and oxygen atoms in total. The molecular weight excluding hydrogens is 480 g/mol. The standard InChI is InChI=1S/C19H15BrN2O5S2/c20-14-3-1-2-13(8-14)11-21-18(24)17(29-19(21)25)10-12-4-5-16(28-7-6-23)15(9-12)22(26)27/h1-5,8-10,23H,6-7,11H2. The van der Waals surface area contributed by atoms with E-state index in [1.807, 2.05) is 24.3 Å². The lowest BCUT2D eigenvalue weighted by atomic mass is 10.1. The number of aliphatic hydroxyl groups is 1. The van der Waals surface area contributed by atoms with Crippen LogP contribution in [0.25, 0.3) is 6.08 Å². The predicted molar refractivity (Wildman–Crippen MR) is 117 cm³/mol. The summed E-state index contributed by atoms with van der Waals surface area (Å²) >= 11 is 5.35. The fraction of sp³-hybridized carbons (Fsp3) is 0.158. The van der Waals surface area contributed by atoms with Gasteiger partial charge in [-0.15, -0.1) is 11.8 Å². The maximum atomic E-state index is 12.7. The predicted octanol–water partition coefficient (Wildman–Crippen LogP) is 4.68. The van der Waals surface area contributed by atoms with Crippen molar-refractivity contribution >= 4 is 62.4 Å². The SMILES string of the molecule is O=C1SC(=Cc2ccc(SCCO)c([N+](=O)[O-])c2)C(=O)N1Cc1cccc(Br)c1. The van der Waals surface area contributed by atoms with Gasteiger partial charge in [-0.25, -0.2) is 0 Å². The molecule has 1 aliphatic rings. The number of rotatable bonds is 7. The van der Waals surface area contributed by atoms with E-state index < -0.39 is 10.8 Å². The summed E-state index contributed by atoms with van der Waals surface area (Å²) in [5, 5.41) is 19.9. The van der Waals surface area contributed by atoms with Crippen LogP contribution in [0.2, 0.25) is 0 Å². The van der Waals surface area contributed by atoms with Gasteiger partial charge < -0.3 is 5.11 Å². The fourth-order valence-electron chi connectivity index (χ4n) is 2.65. The summed E-state index contributed by atoms with van der Waals surface area (Å²) in [7, 11) is 0. The highest BCUT2D eigenvalue weighted by atomic mass is 79.9. The molecule has 3 rings (SSSR count). The Bertz CT molecular complexity index is 1010. The molecule has 0 spiro atoms. The number of imide groups is 1. The number of hydrogen-bond acceptors (Lipinski definition) is 7. The van der Waals surface area contributed by atoms with Gasteiger partial charge in [0.05, 0.1) is 27.9 Å². The molecule has 1 saturated heterocycles. The van der Waals surface area contributed by atoms with Crippen molar-refractivity contribution in [2.45, 2.75) is 11.4 Å². The van der Waals surface area contributed by atoms with Gasteiger partial charge in [-0.1, -0.05) is 34.1 Å². The van der Waals surface area contributed by atoms with E-state index in [9.17, 15) is 19.7 Å². The molecule has 0 aliphatic carbocycles. The summed E-state index contributed by atoms with van der Waals surface area (Å²) in [5.41, 5.74) is 1.16. The van der Waals surface area contributed by atoms with Crippen molar-refractivity contribution in [2.24, 2.45) is 0 Å². The average Bonchev–Trinajstić information content (AvgIpc) is 2.94. The second-order valence-electron chi connectivity index (χ2n) is 5.95. The molecule has 0 atom stereocenters. The van der Waals surface area contributed by atoms with Gasteiger partial charge in [0.1, 0.15) is 0 Å². The Morgan fingerprint density at radius 1 is 1.24 bits per heavy atom. The first kappa shape index (κ1) is 21.6. The van der Waals surface area contributed by atoms with E-state index in [0.29, 0.717) is 16.2 Å². The van der Waals surface area contributed by atoms with Gasteiger partial charge in [0.25, 0.3) is 16.8 Å². The molecule has 0 saturated carbocycles. The topological polar surface area (TPSA) is 101 Å². The summed E-state index contributed by atoms with van der Waals surface area (Å²) < 4.78 is 0.851. The summed E-state index contributed by atoms with van der Waals surface area (Å²) in [6.45, 7) is 0.0625. The van der Waals surface area contributed by atoms with Crippen molar-refractivity contribution in [3.8, 4) is 0 Å². The van der Waals surface area contributed by atoms with Crippen molar-refractivity contribution in [3.63, 3.8) is 0 Å². The molecule has 2 amide bonds. The van der Waals surface area contributed by atoms with Crippen LogP contribution in [0.1, 0.15) is 11.1 Å². The second kappa shape index (κ2) is 9.57. The van der Waals surface area contributed by atoms with Crippen molar-refractivity contribution < 1.29 is 19.6 Å². The molecule has 2 aromatic rings. The van der Waals surface area contributed by atoms with Crippen LogP contribution in [-0.2, 0) is 11.3 Å². The van der Waals surface area contributed by atoms with Crippen molar-refractivity contribution in [1.29, 1.82) is 0 Å². The number of halogens is 1. The molecule has 0 unspecified atom stereocenters. The van der Waals surface area contributed by atoms with Crippen LogP contribution in [0.3, 0.4) is 0 Å². The first-order chi connectivity index (χ1) is 13.9. The van der Waals surface area contributed by atoms with Crippen LogP contribution in [0, 0.1) is 10.1 Å². The Balaban J connectivity index is 1.83. The number of amides is 2. The summed E-state index contributed by atoms with van der Waals surface area (Å²) in [6, 6.07) is 11.9. The number of aliphatic hydroxyl groups excluding tert-OH is 1. The van der Waals surface area contributed by atoms with Crippen LogP contribution in [-0.4, -0.2) is 38.4 Å². The van der Waals surface area contributed by atoms with E-state index in [-0.39, 0.29) is 29.0 Å². The monoisotopic (exact) mass is 494 g/mol. The molecule has 0 radical (unpaired) electrons. The number of nitro benzene ring substituents is 1. The number of thioether (sulfide) groups is 2. The van der Waals surface area contributed by atoms with E-state index in [0.717, 1.165) is 26.7 Å². The second-order valence-corrected chi connectivity index (χ2v) is 9.00. The molecule has 0 bridgehead atoms. The Kier molecular flexibility index (Phi) is 7.12. The smallest absolute Gasteiger partial charge is 0.293 e. The molecule has 0 aromatic heterocycles. The van der Waals surface area contributed by atoms with Crippen LogP contribution in [0.5, 0.6) is 0 Å². The highest BCUT2D eigenvalue weighted by Crippen LogP contribution is 2.35. The number of nitro groups is 1. The lowest BCUT2D eigenvalue weighted by molar-refractivity contribution is -0.387. The third-order valence-electron chi connectivity index (χ3n) is 3.93.